The highest BCUT2D eigenvalue weighted by Crippen LogP contribution is 2.37. The van der Waals surface area contributed by atoms with Crippen molar-refractivity contribution >= 4 is 17.5 Å². The van der Waals surface area contributed by atoms with Crippen molar-refractivity contribution < 1.29 is 0 Å². The molecule has 0 fully saturated rings. The first-order chi connectivity index (χ1) is 23.2. The van der Waals surface area contributed by atoms with Crippen molar-refractivity contribution in [1.82, 2.24) is 15.6 Å². The van der Waals surface area contributed by atoms with Crippen LogP contribution in [0.3, 0.4) is 0 Å². The third kappa shape index (κ3) is 6.00. The molecule has 2 N–H and O–H groups in total. The van der Waals surface area contributed by atoms with E-state index in [9.17, 15) is 0 Å². The minimum absolute atomic E-state index is 0.0589. The number of nitrogens with zero attached hydrogens (tertiary/aromatic N) is 2. The topological polar surface area (TPSA) is 49.3 Å². The summed E-state index contributed by atoms with van der Waals surface area (Å²) in [6.07, 6.45) is 13.0. The molecule has 4 nitrogen and oxygen atoms in total. The first-order valence-corrected chi connectivity index (χ1v) is 16.7. The quantitative estimate of drug-likeness (QED) is 0.201. The smallest absolute Gasteiger partial charge is 0.129 e. The predicted octanol–water partition coefficient (Wildman–Crippen LogP) is 9.57. The van der Waals surface area contributed by atoms with Gasteiger partial charge >= 0.3 is 0 Å². The second-order valence-corrected chi connectivity index (χ2v) is 12.6. The fourth-order valence-corrected chi connectivity index (χ4v) is 6.99. The van der Waals surface area contributed by atoms with Gasteiger partial charge in [0.25, 0.3) is 0 Å². The number of hydrogen-bond donors (Lipinski definition) is 2. The highest BCUT2D eigenvalue weighted by molar-refractivity contribution is 5.91. The molecule has 0 saturated carbocycles. The molecular weight excluding hydrogens is 573 g/mol. The van der Waals surface area contributed by atoms with Crippen molar-refractivity contribution in [2.45, 2.75) is 32.1 Å². The van der Waals surface area contributed by atoms with E-state index in [1.54, 1.807) is 0 Å². The highest BCUT2D eigenvalue weighted by atomic mass is 15.3. The van der Waals surface area contributed by atoms with Gasteiger partial charge in [-0.15, -0.1) is 0 Å². The molecule has 0 bridgehead atoms. The van der Waals surface area contributed by atoms with E-state index in [2.05, 4.69) is 169 Å². The SMILES string of the molecule is CC1C(c2ccc(-c3ccc4c(n3)CCC=C4)cc2)=CC=CC1C1=NC(c2ccc(-c3ccccc3)cc2)NC(c2ccccc2)N1. The maximum absolute atomic E-state index is 5.32. The summed E-state index contributed by atoms with van der Waals surface area (Å²) in [6.45, 7) is 2.32. The van der Waals surface area contributed by atoms with Gasteiger partial charge in [0.2, 0.25) is 0 Å². The maximum Gasteiger partial charge on any atom is 0.129 e. The summed E-state index contributed by atoms with van der Waals surface area (Å²) in [6, 6.07) is 43.2. The van der Waals surface area contributed by atoms with E-state index in [0.29, 0.717) is 0 Å². The average Bonchev–Trinajstić information content (AvgIpc) is 3.15. The van der Waals surface area contributed by atoms with Crippen LogP contribution in [-0.4, -0.2) is 10.8 Å². The summed E-state index contributed by atoms with van der Waals surface area (Å²) in [5.74, 6) is 1.36. The number of fused-ring (bicyclic) bond motifs is 1. The van der Waals surface area contributed by atoms with Gasteiger partial charge < -0.3 is 5.32 Å². The number of aryl methyl sites for hydroxylation is 1. The summed E-state index contributed by atoms with van der Waals surface area (Å²) < 4.78 is 0. The summed E-state index contributed by atoms with van der Waals surface area (Å²) in [5.41, 5.74) is 11.9. The highest BCUT2D eigenvalue weighted by Gasteiger charge is 2.32. The number of aromatic nitrogens is 1. The molecule has 0 amide bonds. The molecule has 4 atom stereocenters. The van der Waals surface area contributed by atoms with Crippen LogP contribution in [0, 0.1) is 11.8 Å². The van der Waals surface area contributed by atoms with Crippen molar-refractivity contribution in [1.29, 1.82) is 0 Å². The number of nitrogens with one attached hydrogen (secondary N) is 2. The van der Waals surface area contributed by atoms with E-state index < -0.39 is 0 Å². The third-order valence-electron chi connectivity index (χ3n) is 9.66. The Morgan fingerprint density at radius 1 is 0.681 bits per heavy atom. The zero-order chi connectivity index (χ0) is 31.6. The van der Waals surface area contributed by atoms with E-state index in [-0.39, 0.29) is 24.2 Å². The summed E-state index contributed by atoms with van der Waals surface area (Å²) in [7, 11) is 0. The number of rotatable bonds is 6. The Bertz CT molecular complexity index is 1990. The molecule has 1 aliphatic heterocycles. The van der Waals surface area contributed by atoms with E-state index in [4.69, 9.17) is 9.98 Å². The van der Waals surface area contributed by atoms with Crippen LogP contribution in [0.25, 0.3) is 34.0 Å². The van der Waals surface area contributed by atoms with E-state index in [1.165, 1.54) is 39.1 Å². The average molecular weight is 611 g/mol. The van der Waals surface area contributed by atoms with E-state index in [0.717, 1.165) is 35.5 Å². The zero-order valence-electron chi connectivity index (χ0n) is 26.6. The van der Waals surface area contributed by atoms with Crippen molar-refractivity contribution in [3.63, 3.8) is 0 Å². The molecule has 2 heterocycles. The van der Waals surface area contributed by atoms with Crippen LogP contribution < -0.4 is 10.6 Å². The van der Waals surface area contributed by atoms with Crippen LogP contribution in [-0.2, 0) is 6.42 Å². The minimum atomic E-state index is -0.171. The van der Waals surface area contributed by atoms with E-state index >= 15 is 0 Å². The Morgan fingerprint density at radius 2 is 1.38 bits per heavy atom. The van der Waals surface area contributed by atoms with Crippen molar-refractivity contribution in [3.05, 3.63) is 174 Å². The first-order valence-electron chi connectivity index (χ1n) is 16.7. The van der Waals surface area contributed by atoms with Gasteiger partial charge in [-0.2, -0.15) is 0 Å². The molecule has 5 aromatic rings. The fraction of sp³-hybridized carbons (Fsp3) is 0.163. The molecule has 4 aromatic carbocycles. The van der Waals surface area contributed by atoms with Gasteiger partial charge in [0.15, 0.2) is 0 Å². The second-order valence-electron chi connectivity index (χ2n) is 12.6. The Hall–Kier alpha value is -5.32. The molecular formula is C43H38N4. The van der Waals surface area contributed by atoms with Gasteiger partial charge in [-0.05, 0) is 63.8 Å². The number of allylic oxidation sites excluding steroid dienone is 4. The van der Waals surface area contributed by atoms with Crippen molar-refractivity contribution in [3.8, 4) is 22.4 Å². The Kier molecular flexibility index (Phi) is 7.94. The minimum Gasteiger partial charge on any atom is -0.354 e. The van der Waals surface area contributed by atoms with Gasteiger partial charge in [0, 0.05) is 17.2 Å². The zero-order valence-corrected chi connectivity index (χ0v) is 26.6. The van der Waals surface area contributed by atoms with Gasteiger partial charge in [-0.25, -0.2) is 4.99 Å². The normalized spacial score (nSPS) is 21.7. The van der Waals surface area contributed by atoms with Crippen LogP contribution in [0.1, 0.15) is 53.6 Å². The van der Waals surface area contributed by atoms with Crippen LogP contribution in [0.15, 0.2) is 151 Å². The lowest BCUT2D eigenvalue weighted by atomic mass is 9.79. The van der Waals surface area contributed by atoms with Crippen LogP contribution in [0.2, 0.25) is 0 Å². The molecule has 1 aromatic heterocycles. The molecule has 2 aliphatic carbocycles. The molecule has 0 spiro atoms. The van der Waals surface area contributed by atoms with Gasteiger partial charge in [0.1, 0.15) is 18.2 Å². The molecule has 0 radical (unpaired) electrons. The van der Waals surface area contributed by atoms with Gasteiger partial charge in [-0.1, -0.05) is 153 Å². The van der Waals surface area contributed by atoms with Crippen LogP contribution in [0.4, 0.5) is 0 Å². The van der Waals surface area contributed by atoms with Gasteiger partial charge in [-0.3, -0.25) is 10.3 Å². The molecule has 8 rings (SSSR count). The summed E-state index contributed by atoms with van der Waals surface area (Å²) in [4.78, 5) is 10.3. The van der Waals surface area contributed by atoms with Crippen LogP contribution >= 0.6 is 0 Å². The number of benzene rings is 4. The number of hydrogen-bond acceptors (Lipinski definition) is 4. The Balaban J connectivity index is 1.06. The van der Waals surface area contributed by atoms with Crippen molar-refractivity contribution in [2.24, 2.45) is 16.8 Å². The van der Waals surface area contributed by atoms with Crippen LogP contribution in [0.5, 0.6) is 0 Å². The Morgan fingerprint density at radius 3 is 2.17 bits per heavy atom. The number of pyridine rings is 1. The van der Waals surface area contributed by atoms with E-state index in [1.807, 2.05) is 0 Å². The molecule has 47 heavy (non-hydrogen) atoms. The fourth-order valence-electron chi connectivity index (χ4n) is 6.99. The summed E-state index contributed by atoms with van der Waals surface area (Å²) in [5, 5.41) is 7.55. The molecule has 4 unspecified atom stereocenters. The molecule has 4 heteroatoms. The number of aliphatic imine (C=N–C) groups is 1. The molecule has 3 aliphatic rings. The second kappa shape index (κ2) is 12.8. The monoisotopic (exact) mass is 610 g/mol. The molecule has 0 saturated heterocycles. The standard InChI is InChI=1S/C43H38N4/c1-29-37(32-21-23-34(24-22-32)40-28-27-33-13-8-9-18-39(33)44-40)16-10-17-38(29)43-46-41(35-14-6-3-7-15-35)45-42(47-43)36-25-19-31(20-26-36)30-11-4-2-5-12-30/h2-8,10-17,19-29,38,41-42,45H,9,18H2,1H3,(H,46,47). The third-order valence-corrected chi connectivity index (χ3v) is 9.66. The lowest BCUT2D eigenvalue weighted by Gasteiger charge is -2.37. The number of amidine groups is 1. The van der Waals surface area contributed by atoms with Gasteiger partial charge in [0.05, 0.1) is 5.69 Å². The first kappa shape index (κ1) is 29.1. The lowest BCUT2D eigenvalue weighted by molar-refractivity contribution is 0.394. The predicted molar refractivity (Wildman–Crippen MR) is 194 cm³/mol. The Labute approximate surface area is 277 Å². The van der Waals surface area contributed by atoms with Crippen molar-refractivity contribution in [2.75, 3.05) is 0 Å². The maximum atomic E-state index is 5.32. The lowest BCUT2D eigenvalue weighted by Crippen LogP contribution is -2.48. The summed E-state index contributed by atoms with van der Waals surface area (Å²) >= 11 is 0. The largest absolute Gasteiger partial charge is 0.354 e. The molecule has 230 valence electrons.